The molecule has 0 heterocycles. The number of nitrogens with zero attached hydrogens (tertiary/aromatic N) is 1. The van der Waals surface area contributed by atoms with Crippen molar-refractivity contribution in [3.63, 3.8) is 0 Å². The molecule has 2 amide bonds. The first-order valence-electron chi connectivity index (χ1n) is 10.8. The molecule has 0 aromatic heterocycles. The maximum Gasteiger partial charge on any atom is 0.253 e. The number of hydrogen-bond acceptors (Lipinski definition) is 5. The SMILES string of the molecule is COCCCNC(=O)c1ccccc1NC(=O)CCCN(c1ccc(C)c(C)c1)S(C)(=O)=O. The molecule has 2 aromatic rings. The van der Waals surface area contributed by atoms with Crippen LogP contribution in [0.2, 0.25) is 0 Å². The first-order chi connectivity index (χ1) is 15.6. The molecule has 0 aliphatic carbocycles. The number of sulfonamides is 1. The maximum atomic E-state index is 12.5. The van der Waals surface area contributed by atoms with Crippen LogP contribution in [0.25, 0.3) is 0 Å². The molecular weight excluding hydrogens is 442 g/mol. The van der Waals surface area contributed by atoms with Gasteiger partial charge in [-0.05, 0) is 62.1 Å². The van der Waals surface area contributed by atoms with E-state index in [1.165, 1.54) is 4.31 Å². The molecule has 2 aromatic carbocycles. The van der Waals surface area contributed by atoms with E-state index in [1.807, 2.05) is 26.0 Å². The fourth-order valence-electron chi connectivity index (χ4n) is 3.27. The predicted octanol–water partition coefficient (Wildman–Crippen LogP) is 3.25. The number of amides is 2. The van der Waals surface area contributed by atoms with E-state index in [9.17, 15) is 18.0 Å². The fraction of sp³-hybridized carbons (Fsp3) is 0.417. The van der Waals surface area contributed by atoms with E-state index in [0.29, 0.717) is 42.9 Å². The van der Waals surface area contributed by atoms with Gasteiger partial charge in [-0.2, -0.15) is 0 Å². The molecule has 0 aliphatic rings. The van der Waals surface area contributed by atoms with Crippen molar-refractivity contribution in [1.29, 1.82) is 0 Å². The standard InChI is InChI=1S/C24H33N3O5S/c1-18-12-13-20(17-19(18)2)27(33(4,30)31)15-7-11-23(28)26-22-10-6-5-9-21(22)24(29)25-14-8-16-32-3/h5-6,9-10,12-13,17H,7-8,11,14-16H2,1-4H3,(H,25,29)(H,26,28). The van der Waals surface area contributed by atoms with E-state index in [-0.39, 0.29) is 24.8 Å². The Morgan fingerprint density at radius 3 is 2.42 bits per heavy atom. The van der Waals surface area contributed by atoms with Crippen molar-refractivity contribution < 1.29 is 22.7 Å². The molecule has 2 rings (SSSR count). The molecule has 0 atom stereocenters. The number of nitrogens with one attached hydrogen (secondary N) is 2. The van der Waals surface area contributed by atoms with Gasteiger partial charge in [0.15, 0.2) is 0 Å². The Labute approximate surface area is 196 Å². The van der Waals surface area contributed by atoms with Crippen molar-refractivity contribution in [3.8, 4) is 0 Å². The summed E-state index contributed by atoms with van der Waals surface area (Å²) in [5, 5.41) is 5.57. The number of hydrogen-bond donors (Lipinski definition) is 2. The molecule has 0 aliphatic heterocycles. The number of methoxy groups -OCH3 is 1. The lowest BCUT2D eigenvalue weighted by Gasteiger charge is -2.23. The van der Waals surface area contributed by atoms with Crippen molar-refractivity contribution >= 4 is 33.2 Å². The van der Waals surface area contributed by atoms with Gasteiger partial charge in [0.05, 0.1) is 23.2 Å². The summed E-state index contributed by atoms with van der Waals surface area (Å²) in [4.78, 5) is 25.0. The number of para-hydroxylation sites is 1. The molecular formula is C24H33N3O5S. The highest BCUT2D eigenvalue weighted by Gasteiger charge is 2.19. The number of carbonyl (C=O) groups is 2. The Hall–Kier alpha value is -2.91. The molecule has 0 saturated carbocycles. The van der Waals surface area contributed by atoms with E-state index >= 15 is 0 Å². The second-order valence-electron chi connectivity index (χ2n) is 7.90. The monoisotopic (exact) mass is 475 g/mol. The fourth-order valence-corrected chi connectivity index (χ4v) is 4.22. The van der Waals surface area contributed by atoms with Crippen LogP contribution in [0.3, 0.4) is 0 Å². The van der Waals surface area contributed by atoms with Crippen molar-refractivity contribution in [2.75, 3.05) is 42.7 Å². The largest absolute Gasteiger partial charge is 0.385 e. The van der Waals surface area contributed by atoms with E-state index in [2.05, 4.69) is 10.6 Å². The molecule has 0 spiro atoms. The van der Waals surface area contributed by atoms with Crippen LogP contribution in [0.1, 0.15) is 40.7 Å². The van der Waals surface area contributed by atoms with Crippen LogP contribution in [0.5, 0.6) is 0 Å². The average molecular weight is 476 g/mol. The van der Waals surface area contributed by atoms with E-state index in [0.717, 1.165) is 17.4 Å². The molecule has 0 fully saturated rings. The van der Waals surface area contributed by atoms with E-state index in [4.69, 9.17) is 4.74 Å². The topological polar surface area (TPSA) is 105 Å². The lowest BCUT2D eigenvalue weighted by molar-refractivity contribution is -0.116. The number of ether oxygens (including phenoxy) is 1. The Morgan fingerprint density at radius 1 is 1.03 bits per heavy atom. The van der Waals surface area contributed by atoms with Gasteiger partial charge in [-0.25, -0.2) is 8.42 Å². The van der Waals surface area contributed by atoms with Gasteiger partial charge in [0, 0.05) is 33.2 Å². The molecule has 0 radical (unpaired) electrons. The summed E-state index contributed by atoms with van der Waals surface area (Å²) < 4.78 is 30.9. The molecule has 9 heteroatoms. The lowest BCUT2D eigenvalue weighted by Crippen LogP contribution is -2.31. The van der Waals surface area contributed by atoms with Crippen LogP contribution in [0.4, 0.5) is 11.4 Å². The molecule has 8 nitrogen and oxygen atoms in total. The van der Waals surface area contributed by atoms with Gasteiger partial charge in [-0.15, -0.1) is 0 Å². The van der Waals surface area contributed by atoms with E-state index in [1.54, 1.807) is 37.4 Å². The Kier molecular flexibility index (Phi) is 9.87. The lowest BCUT2D eigenvalue weighted by atomic mass is 10.1. The first kappa shape index (κ1) is 26.3. The zero-order valence-electron chi connectivity index (χ0n) is 19.7. The summed E-state index contributed by atoms with van der Waals surface area (Å²) >= 11 is 0. The molecule has 33 heavy (non-hydrogen) atoms. The number of aryl methyl sites for hydroxylation is 2. The van der Waals surface area contributed by atoms with Gasteiger partial charge in [0.1, 0.15) is 0 Å². The minimum Gasteiger partial charge on any atom is -0.385 e. The smallest absolute Gasteiger partial charge is 0.253 e. The average Bonchev–Trinajstić information content (AvgIpc) is 2.76. The van der Waals surface area contributed by atoms with Crippen molar-refractivity contribution in [1.82, 2.24) is 5.32 Å². The second-order valence-corrected chi connectivity index (χ2v) is 9.81. The van der Waals surface area contributed by atoms with Gasteiger partial charge < -0.3 is 15.4 Å². The van der Waals surface area contributed by atoms with Crippen LogP contribution in [-0.2, 0) is 19.6 Å². The van der Waals surface area contributed by atoms with Crippen LogP contribution in [0.15, 0.2) is 42.5 Å². The van der Waals surface area contributed by atoms with Crippen LogP contribution >= 0.6 is 0 Å². The number of rotatable bonds is 12. The van der Waals surface area contributed by atoms with Crippen molar-refractivity contribution in [3.05, 3.63) is 59.2 Å². The highest BCUT2D eigenvalue weighted by Crippen LogP contribution is 2.22. The summed E-state index contributed by atoms with van der Waals surface area (Å²) in [5.41, 5.74) is 3.44. The quantitative estimate of drug-likeness (QED) is 0.459. The van der Waals surface area contributed by atoms with E-state index < -0.39 is 10.0 Å². The highest BCUT2D eigenvalue weighted by molar-refractivity contribution is 7.92. The normalized spacial score (nSPS) is 11.2. The minimum atomic E-state index is -3.50. The molecule has 0 bridgehead atoms. The Bertz CT molecular complexity index is 1070. The van der Waals surface area contributed by atoms with Crippen LogP contribution in [-0.4, -0.2) is 53.3 Å². The second kappa shape index (κ2) is 12.4. The summed E-state index contributed by atoms with van der Waals surface area (Å²) in [6.45, 7) is 5.08. The number of anilines is 2. The Morgan fingerprint density at radius 2 is 1.76 bits per heavy atom. The third kappa shape index (κ3) is 8.18. The van der Waals surface area contributed by atoms with Crippen LogP contribution < -0.4 is 14.9 Å². The molecule has 0 unspecified atom stereocenters. The summed E-state index contributed by atoms with van der Waals surface area (Å²) in [6.07, 6.45) is 2.29. The molecule has 2 N–H and O–H groups in total. The Balaban J connectivity index is 1.98. The van der Waals surface area contributed by atoms with Gasteiger partial charge >= 0.3 is 0 Å². The van der Waals surface area contributed by atoms with Gasteiger partial charge in [0.2, 0.25) is 15.9 Å². The maximum absolute atomic E-state index is 12.5. The third-order valence-corrected chi connectivity index (χ3v) is 6.39. The van der Waals surface area contributed by atoms with Crippen molar-refractivity contribution in [2.24, 2.45) is 0 Å². The third-order valence-electron chi connectivity index (χ3n) is 5.20. The molecule has 180 valence electrons. The van der Waals surface area contributed by atoms with Crippen LogP contribution in [0, 0.1) is 13.8 Å². The van der Waals surface area contributed by atoms with Crippen molar-refractivity contribution in [2.45, 2.75) is 33.1 Å². The highest BCUT2D eigenvalue weighted by atomic mass is 32.2. The minimum absolute atomic E-state index is 0.112. The summed E-state index contributed by atoms with van der Waals surface area (Å²) in [5.74, 6) is -0.567. The molecule has 0 saturated heterocycles. The number of carbonyl (C=O) groups excluding carboxylic acids is 2. The van der Waals surface area contributed by atoms with Gasteiger partial charge in [-0.3, -0.25) is 13.9 Å². The summed E-state index contributed by atoms with van der Waals surface area (Å²) in [7, 11) is -1.89. The zero-order chi connectivity index (χ0) is 24.4. The zero-order valence-corrected chi connectivity index (χ0v) is 20.5. The van der Waals surface area contributed by atoms with Gasteiger partial charge in [-0.1, -0.05) is 18.2 Å². The first-order valence-corrected chi connectivity index (χ1v) is 12.7. The van der Waals surface area contributed by atoms with Gasteiger partial charge in [0.25, 0.3) is 5.91 Å². The number of benzene rings is 2. The predicted molar refractivity (Wildman–Crippen MR) is 131 cm³/mol. The summed E-state index contributed by atoms with van der Waals surface area (Å²) in [6, 6.07) is 12.3.